The third kappa shape index (κ3) is 7.56. The van der Waals surface area contributed by atoms with Crippen molar-refractivity contribution in [1.82, 2.24) is 9.61 Å². The van der Waals surface area contributed by atoms with Crippen molar-refractivity contribution in [2.45, 2.75) is 52.5 Å². The Balaban J connectivity index is 0.000000323. The van der Waals surface area contributed by atoms with Crippen LogP contribution >= 0.6 is 11.6 Å². The Morgan fingerprint density at radius 3 is 2.29 bits per heavy atom. The van der Waals surface area contributed by atoms with Gasteiger partial charge in [-0.05, 0) is 50.6 Å². The number of pyridine rings is 1. The van der Waals surface area contributed by atoms with Crippen molar-refractivity contribution in [2.24, 2.45) is 0 Å². The molecular formula is C22H24ClF3N2O3. The number of hydrogen-bond acceptors (Lipinski definition) is 4. The number of carbonyl (C=O) groups excluding carboxylic acids is 1. The van der Waals surface area contributed by atoms with E-state index in [1.54, 1.807) is 55.7 Å². The number of hydrogen-bond donors (Lipinski definition) is 1. The summed E-state index contributed by atoms with van der Waals surface area (Å²) >= 11 is 6.00. The van der Waals surface area contributed by atoms with Gasteiger partial charge in [0.1, 0.15) is 11.5 Å². The number of fused-ring (bicyclic) bond motifs is 1. The molecule has 2 heterocycles. The number of aryl methyl sites for hydroxylation is 1. The molecule has 0 fully saturated rings. The minimum absolute atomic E-state index is 0.113. The minimum atomic E-state index is -4.70. The SMILES string of the molecule is CCC(=O)CC(C)(C)O.Cc1nn2ccc(Cl)cc2c1-c1ccc(OC(F)(F)F)cc1. The normalized spacial score (nSPS) is 11.8. The zero-order valence-electron chi connectivity index (χ0n) is 17.6. The molecule has 168 valence electrons. The molecule has 0 aliphatic heterocycles. The molecule has 0 atom stereocenters. The van der Waals surface area contributed by atoms with Crippen LogP contribution in [0.3, 0.4) is 0 Å². The van der Waals surface area contributed by atoms with Gasteiger partial charge in [-0.25, -0.2) is 4.52 Å². The molecule has 0 spiro atoms. The van der Waals surface area contributed by atoms with Crippen molar-refractivity contribution in [2.75, 3.05) is 0 Å². The standard InChI is InChI=1S/C15H10ClF3N2O.C7H14O2/c1-9-14(13-8-11(16)6-7-21(13)20-9)10-2-4-12(5-3-10)22-15(17,18)19;1-4-6(8)5-7(2,3)9/h2-8H,1H3;9H,4-5H2,1-3H3. The maximum Gasteiger partial charge on any atom is 0.573 e. The lowest BCUT2D eigenvalue weighted by atomic mass is 10.0. The number of nitrogens with zero attached hydrogens (tertiary/aromatic N) is 2. The summed E-state index contributed by atoms with van der Waals surface area (Å²) < 4.78 is 42.1. The lowest BCUT2D eigenvalue weighted by Crippen LogP contribution is -2.22. The van der Waals surface area contributed by atoms with Gasteiger partial charge in [-0.1, -0.05) is 30.7 Å². The van der Waals surface area contributed by atoms with E-state index in [4.69, 9.17) is 16.7 Å². The van der Waals surface area contributed by atoms with E-state index >= 15 is 0 Å². The summed E-state index contributed by atoms with van der Waals surface area (Å²) in [6, 6.07) is 9.15. The largest absolute Gasteiger partial charge is 0.573 e. The van der Waals surface area contributed by atoms with Crippen LogP contribution < -0.4 is 4.74 Å². The Morgan fingerprint density at radius 2 is 1.81 bits per heavy atom. The van der Waals surface area contributed by atoms with Gasteiger partial charge in [-0.3, -0.25) is 4.79 Å². The maximum absolute atomic E-state index is 12.2. The van der Waals surface area contributed by atoms with E-state index in [0.717, 1.165) is 22.3 Å². The van der Waals surface area contributed by atoms with Gasteiger partial charge in [0.15, 0.2) is 0 Å². The Morgan fingerprint density at radius 1 is 1.19 bits per heavy atom. The van der Waals surface area contributed by atoms with E-state index < -0.39 is 12.0 Å². The highest BCUT2D eigenvalue weighted by molar-refractivity contribution is 6.31. The van der Waals surface area contributed by atoms with Crippen molar-refractivity contribution < 1.29 is 27.8 Å². The second-order valence-electron chi connectivity index (χ2n) is 7.59. The summed E-state index contributed by atoms with van der Waals surface area (Å²) in [6.07, 6.45) is -2.18. The van der Waals surface area contributed by atoms with Crippen LogP contribution in [-0.2, 0) is 4.79 Å². The molecule has 0 aliphatic rings. The lowest BCUT2D eigenvalue weighted by Gasteiger charge is -2.14. The van der Waals surface area contributed by atoms with Gasteiger partial charge in [0.25, 0.3) is 0 Å². The smallest absolute Gasteiger partial charge is 0.406 e. The molecule has 3 rings (SSSR count). The van der Waals surface area contributed by atoms with Crippen LogP contribution in [0, 0.1) is 6.92 Å². The van der Waals surface area contributed by atoms with Gasteiger partial charge in [-0.15, -0.1) is 13.2 Å². The number of halogens is 4. The number of benzene rings is 1. The molecule has 9 heteroatoms. The van der Waals surface area contributed by atoms with E-state index in [1.165, 1.54) is 12.1 Å². The summed E-state index contributed by atoms with van der Waals surface area (Å²) in [5.41, 5.74) is 2.28. The van der Waals surface area contributed by atoms with Crippen LogP contribution in [0.5, 0.6) is 5.75 Å². The average molecular weight is 457 g/mol. The van der Waals surface area contributed by atoms with E-state index in [0.29, 0.717) is 11.4 Å². The summed E-state index contributed by atoms with van der Waals surface area (Å²) in [6.45, 7) is 6.91. The van der Waals surface area contributed by atoms with Crippen LogP contribution in [0.1, 0.15) is 39.3 Å². The fourth-order valence-corrected chi connectivity index (χ4v) is 3.09. The predicted molar refractivity (Wildman–Crippen MR) is 113 cm³/mol. The molecular weight excluding hydrogens is 433 g/mol. The molecule has 1 N–H and O–H groups in total. The van der Waals surface area contributed by atoms with Gasteiger partial charge in [0, 0.05) is 29.6 Å². The van der Waals surface area contributed by atoms with Crippen LogP contribution in [0.25, 0.3) is 16.6 Å². The van der Waals surface area contributed by atoms with Crippen LogP contribution in [-0.4, -0.2) is 32.5 Å². The molecule has 0 aliphatic carbocycles. The molecule has 2 aromatic heterocycles. The van der Waals surface area contributed by atoms with E-state index in [2.05, 4.69) is 9.84 Å². The zero-order chi connectivity index (χ0) is 23.4. The van der Waals surface area contributed by atoms with Crippen molar-refractivity contribution >= 4 is 22.9 Å². The number of Topliss-reactive ketones (excluding diaryl/α,β-unsaturated/α-hetero) is 1. The monoisotopic (exact) mass is 456 g/mol. The van der Waals surface area contributed by atoms with Gasteiger partial charge < -0.3 is 9.84 Å². The third-order valence-corrected chi connectivity index (χ3v) is 4.41. The summed E-state index contributed by atoms with van der Waals surface area (Å²) in [5.74, 6) is -0.147. The first-order chi connectivity index (χ1) is 14.3. The van der Waals surface area contributed by atoms with Gasteiger partial charge in [0.2, 0.25) is 0 Å². The highest BCUT2D eigenvalue weighted by Crippen LogP contribution is 2.32. The number of rotatable bonds is 5. The number of carbonyl (C=O) groups is 1. The van der Waals surface area contributed by atoms with Crippen molar-refractivity contribution in [3.05, 3.63) is 53.3 Å². The number of aliphatic hydroxyl groups is 1. The predicted octanol–water partition coefficient (Wildman–Crippen LogP) is 5.99. The van der Waals surface area contributed by atoms with Crippen molar-refractivity contribution in [3.63, 3.8) is 0 Å². The first-order valence-electron chi connectivity index (χ1n) is 9.54. The lowest BCUT2D eigenvalue weighted by molar-refractivity contribution is -0.274. The molecule has 1 aromatic carbocycles. The summed E-state index contributed by atoms with van der Waals surface area (Å²) in [7, 11) is 0. The number of ether oxygens (including phenoxy) is 1. The molecule has 3 aromatic rings. The maximum atomic E-state index is 12.2. The summed E-state index contributed by atoms with van der Waals surface area (Å²) in [5, 5.41) is 14.0. The number of ketones is 1. The van der Waals surface area contributed by atoms with Crippen LogP contribution in [0.15, 0.2) is 42.6 Å². The van der Waals surface area contributed by atoms with E-state index in [1.807, 2.05) is 6.92 Å². The summed E-state index contributed by atoms with van der Waals surface area (Å²) in [4.78, 5) is 10.7. The second kappa shape index (κ2) is 9.70. The Labute approximate surface area is 183 Å². The Bertz CT molecular complexity index is 1040. The Hall–Kier alpha value is -2.58. The molecule has 0 saturated heterocycles. The molecule has 5 nitrogen and oxygen atoms in total. The van der Waals surface area contributed by atoms with Gasteiger partial charge in [-0.2, -0.15) is 5.10 Å². The zero-order valence-corrected chi connectivity index (χ0v) is 18.4. The number of aromatic nitrogens is 2. The van der Waals surface area contributed by atoms with E-state index in [-0.39, 0.29) is 18.0 Å². The first-order valence-corrected chi connectivity index (χ1v) is 9.91. The van der Waals surface area contributed by atoms with Crippen molar-refractivity contribution in [3.8, 4) is 16.9 Å². The minimum Gasteiger partial charge on any atom is -0.406 e. The van der Waals surface area contributed by atoms with Crippen molar-refractivity contribution in [1.29, 1.82) is 0 Å². The molecule has 31 heavy (non-hydrogen) atoms. The average Bonchev–Trinajstić information content (AvgIpc) is 2.95. The molecule has 0 saturated carbocycles. The Kier molecular flexibility index (Phi) is 7.72. The van der Waals surface area contributed by atoms with Crippen LogP contribution in [0.4, 0.5) is 13.2 Å². The molecule has 0 unspecified atom stereocenters. The highest BCUT2D eigenvalue weighted by Gasteiger charge is 2.31. The third-order valence-electron chi connectivity index (χ3n) is 4.17. The molecule has 0 bridgehead atoms. The van der Waals surface area contributed by atoms with Gasteiger partial charge in [0.05, 0.1) is 16.8 Å². The quantitative estimate of drug-likeness (QED) is 0.512. The van der Waals surface area contributed by atoms with Gasteiger partial charge >= 0.3 is 6.36 Å². The molecule has 0 amide bonds. The van der Waals surface area contributed by atoms with Crippen LogP contribution in [0.2, 0.25) is 5.02 Å². The first kappa shape index (κ1) is 24.7. The fourth-order valence-electron chi connectivity index (χ4n) is 2.93. The number of alkyl halides is 3. The fraction of sp³-hybridized carbons (Fsp3) is 0.364. The topological polar surface area (TPSA) is 63.8 Å². The highest BCUT2D eigenvalue weighted by atomic mass is 35.5. The second-order valence-corrected chi connectivity index (χ2v) is 8.03. The van der Waals surface area contributed by atoms with E-state index in [9.17, 15) is 18.0 Å². The molecule has 0 radical (unpaired) electrons.